The van der Waals surface area contributed by atoms with Gasteiger partial charge in [-0.3, -0.25) is 9.59 Å². The number of amides is 1. The molecule has 0 aliphatic carbocycles. The zero-order valence-corrected chi connectivity index (χ0v) is 10.1. The quantitative estimate of drug-likeness (QED) is 0.557. The van der Waals surface area contributed by atoms with E-state index in [-0.39, 0.29) is 29.0 Å². The Bertz CT molecular complexity index is 660. The lowest BCUT2D eigenvalue weighted by atomic mass is 10.2. The monoisotopic (exact) mass is 267 g/mol. The number of fused-ring (bicyclic) bond motifs is 1. The number of rotatable bonds is 4. The number of hydrogen-bond donors (Lipinski definition) is 4. The average molecular weight is 267 g/mol. The number of aromatic amines is 1. The molecule has 0 aliphatic rings. The largest absolute Gasteiger partial charge is 0.442 e. The number of H-pyrrole nitrogens is 1. The molecule has 8 heteroatoms. The van der Waals surface area contributed by atoms with E-state index in [1.54, 1.807) is 6.92 Å². The highest BCUT2D eigenvalue weighted by atomic mass is 16.3. The van der Waals surface area contributed by atoms with Crippen LogP contribution in [0.2, 0.25) is 0 Å². The van der Waals surface area contributed by atoms with Gasteiger partial charge in [0.1, 0.15) is 11.1 Å². The average Bonchev–Trinajstić information content (AvgIpc) is 2.73. The maximum Gasteiger partial charge on any atom is 0.262 e. The molecule has 0 radical (unpaired) electrons. The van der Waals surface area contributed by atoms with Crippen LogP contribution in [-0.2, 0) is 0 Å². The Balaban J connectivity index is 2.37. The molecule has 0 saturated carbocycles. The van der Waals surface area contributed by atoms with Gasteiger partial charge in [-0.05, 0) is 6.92 Å². The zero-order valence-electron chi connectivity index (χ0n) is 10.1. The number of nitrogens with zero attached hydrogens (tertiary/aromatic N) is 1. The number of nitrogens with one attached hydrogen (secondary N) is 2. The SMILES string of the molecule is Cc1oc2nc[nH]c(=O)c2c1C(=O)NCC(O)CO. The summed E-state index contributed by atoms with van der Waals surface area (Å²) in [6, 6.07) is 0. The van der Waals surface area contributed by atoms with Crippen LogP contribution in [0, 0.1) is 6.92 Å². The fourth-order valence-corrected chi connectivity index (χ4v) is 1.69. The Morgan fingerprint density at radius 3 is 3.05 bits per heavy atom. The van der Waals surface area contributed by atoms with E-state index in [1.807, 2.05) is 0 Å². The van der Waals surface area contributed by atoms with Crippen molar-refractivity contribution in [3.63, 3.8) is 0 Å². The Kier molecular flexibility index (Phi) is 3.63. The van der Waals surface area contributed by atoms with Crippen LogP contribution in [0.15, 0.2) is 15.5 Å². The molecule has 2 heterocycles. The topological polar surface area (TPSA) is 128 Å². The summed E-state index contributed by atoms with van der Waals surface area (Å²) < 4.78 is 5.23. The zero-order chi connectivity index (χ0) is 14.0. The third-order valence-corrected chi connectivity index (χ3v) is 2.61. The van der Waals surface area contributed by atoms with E-state index in [2.05, 4.69) is 15.3 Å². The highest BCUT2D eigenvalue weighted by Crippen LogP contribution is 2.19. The summed E-state index contributed by atoms with van der Waals surface area (Å²) in [6.07, 6.45) is 0.129. The number of aryl methyl sites for hydroxylation is 1. The first-order valence-electron chi connectivity index (χ1n) is 5.58. The fraction of sp³-hybridized carbons (Fsp3) is 0.364. The summed E-state index contributed by atoms with van der Waals surface area (Å²) in [4.78, 5) is 29.8. The van der Waals surface area contributed by atoms with Crippen molar-refractivity contribution in [1.29, 1.82) is 0 Å². The van der Waals surface area contributed by atoms with Crippen LogP contribution in [0.4, 0.5) is 0 Å². The molecule has 2 aromatic rings. The molecule has 0 aromatic carbocycles. The minimum Gasteiger partial charge on any atom is -0.442 e. The van der Waals surface area contributed by atoms with Crippen LogP contribution in [0.5, 0.6) is 0 Å². The highest BCUT2D eigenvalue weighted by Gasteiger charge is 2.21. The lowest BCUT2D eigenvalue weighted by Crippen LogP contribution is -2.34. The van der Waals surface area contributed by atoms with Gasteiger partial charge in [0.15, 0.2) is 0 Å². The maximum atomic E-state index is 12.0. The van der Waals surface area contributed by atoms with Gasteiger partial charge in [0, 0.05) is 6.54 Å². The molecule has 1 unspecified atom stereocenters. The molecule has 8 nitrogen and oxygen atoms in total. The standard InChI is InChI=1S/C11H13N3O5/c1-5-7(9(17)12-2-6(16)3-15)8-10(18)13-4-14-11(8)19-5/h4,6,15-16H,2-3H2,1H3,(H,12,17)(H,13,14,18). The van der Waals surface area contributed by atoms with Crippen molar-refractivity contribution < 1.29 is 19.4 Å². The summed E-state index contributed by atoms with van der Waals surface area (Å²) in [5.74, 6) is -0.308. The van der Waals surface area contributed by atoms with E-state index in [1.165, 1.54) is 6.33 Å². The molecule has 2 rings (SSSR count). The second kappa shape index (κ2) is 5.21. The molecular formula is C11H13N3O5. The summed E-state index contributed by atoms with van der Waals surface area (Å²) in [6.45, 7) is 0.950. The van der Waals surface area contributed by atoms with Gasteiger partial charge in [0.25, 0.3) is 11.5 Å². The molecule has 0 aliphatic heterocycles. The van der Waals surface area contributed by atoms with Crippen molar-refractivity contribution >= 4 is 17.0 Å². The molecule has 0 saturated heterocycles. The molecule has 0 fully saturated rings. The van der Waals surface area contributed by atoms with Gasteiger partial charge in [-0.2, -0.15) is 0 Å². The maximum absolute atomic E-state index is 12.0. The summed E-state index contributed by atoms with van der Waals surface area (Å²) in [5, 5.41) is 20.3. The predicted molar refractivity (Wildman–Crippen MR) is 64.8 cm³/mol. The minimum atomic E-state index is -1.06. The Morgan fingerprint density at radius 1 is 1.63 bits per heavy atom. The molecule has 1 amide bonds. The molecule has 0 spiro atoms. The summed E-state index contributed by atoms with van der Waals surface area (Å²) in [7, 11) is 0. The van der Waals surface area contributed by atoms with Crippen molar-refractivity contribution in [2.75, 3.05) is 13.2 Å². The van der Waals surface area contributed by atoms with Crippen LogP contribution >= 0.6 is 0 Å². The first-order chi connectivity index (χ1) is 9.04. The van der Waals surface area contributed by atoms with E-state index in [4.69, 9.17) is 9.52 Å². The number of carbonyl (C=O) groups is 1. The van der Waals surface area contributed by atoms with Gasteiger partial charge in [-0.1, -0.05) is 0 Å². The van der Waals surface area contributed by atoms with E-state index in [9.17, 15) is 14.7 Å². The van der Waals surface area contributed by atoms with Crippen molar-refractivity contribution in [1.82, 2.24) is 15.3 Å². The van der Waals surface area contributed by atoms with Crippen LogP contribution in [0.3, 0.4) is 0 Å². The fourth-order valence-electron chi connectivity index (χ4n) is 1.69. The number of aliphatic hydroxyl groups excluding tert-OH is 2. The predicted octanol–water partition coefficient (Wildman–Crippen LogP) is -1.09. The number of carbonyl (C=O) groups excluding carboxylic acids is 1. The summed E-state index contributed by atoms with van der Waals surface area (Å²) >= 11 is 0. The van der Waals surface area contributed by atoms with E-state index in [0.29, 0.717) is 0 Å². The van der Waals surface area contributed by atoms with Crippen LogP contribution in [0.25, 0.3) is 11.1 Å². The second-order valence-corrected chi connectivity index (χ2v) is 3.99. The first-order valence-corrected chi connectivity index (χ1v) is 5.58. The number of hydrogen-bond acceptors (Lipinski definition) is 6. The molecule has 2 aromatic heterocycles. The molecular weight excluding hydrogens is 254 g/mol. The Labute approximate surface area is 107 Å². The normalized spacial score (nSPS) is 12.6. The van der Waals surface area contributed by atoms with Gasteiger partial charge in [-0.25, -0.2) is 4.98 Å². The second-order valence-electron chi connectivity index (χ2n) is 3.99. The summed E-state index contributed by atoms with van der Waals surface area (Å²) in [5.41, 5.74) is -0.321. The third-order valence-electron chi connectivity index (χ3n) is 2.61. The highest BCUT2D eigenvalue weighted by molar-refractivity contribution is 6.06. The molecule has 4 N–H and O–H groups in total. The number of aromatic nitrogens is 2. The number of furan rings is 1. The molecule has 0 bridgehead atoms. The van der Waals surface area contributed by atoms with E-state index in [0.717, 1.165) is 0 Å². The molecule has 102 valence electrons. The molecule has 1 atom stereocenters. The van der Waals surface area contributed by atoms with Crippen molar-refractivity contribution in [3.8, 4) is 0 Å². The van der Waals surface area contributed by atoms with Crippen molar-refractivity contribution in [2.24, 2.45) is 0 Å². The van der Waals surface area contributed by atoms with E-state index < -0.39 is 24.2 Å². The Hall–Kier alpha value is -2.19. The lowest BCUT2D eigenvalue weighted by Gasteiger charge is -2.08. The Morgan fingerprint density at radius 2 is 2.37 bits per heavy atom. The smallest absolute Gasteiger partial charge is 0.262 e. The van der Waals surface area contributed by atoms with Crippen LogP contribution in [-0.4, -0.2) is 45.3 Å². The van der Waals surface area contributed by atoms with Crippen molar-refractivity contribution in [3.05, 3.63) is 28.0 Å². The third kappa shape index (κ3) is 2.49. The van der Waals surface area contributed by atoms with Gasteiger partial charge in [0.2, 0.25) is 5.71 Å². The number of aliphatic hydroxyl groups is 2. The lowest BCUT2D eigenvalue weighted by molar-refractivity contribution is 0.0802. The van der Waals surface area contributed by atoms with Gasteiger partial charge in [0.05, 0.1) is 24.6 Å². The first kappa shape index (κ1) is 13.2. The van der Waals surface area contributed by atoms with Crippen LogP contribution in [0.1, 0.15) is 16.1 Å². The van der Waals surface area contributed by atoms with Crippen LogP contribution < -0.4 is 10.9 Å². The van der Waals surface area contributed by atoms with Gasteiger partial charge < -0.3 is 24.9 Å². The minimum absolute atomic E-state index is 0.0657. The van der Waals surface area contributed by atoms with Gasteiger partial charge in [-0.15, -0.1) is 0 Å². The molecule has 19 heavy (non-hydrogen) atoms. The van der Waals surface area contributed by atoms with E-state index >= 15 is 0 Å². The van der Waals surface area contributed by atoms with Gasteiger partial charge >= 0.3 is 0 Å². The van der Waals surface area contributed by atoms with Crippen molar-refractivity contribution in [2.45, 2.75) is 13.0 Å².